The second-order valence-corrected chi connectivity index (χ2v) is 7.23. The normalized spacial score (nSPS) is 21.3. The molecular formula is C13H16FNO3S. The van der Waals surface area contributed by atoms with Crippen molar-refractivity contribution >= 4 is 15.7 Å². The summed E-state index contributed by atoms with van der Waals surface area (Å²) < 4.78 is 36.8. The molecule has 1 aliphatic rings. The minimum atomic E-state index is -3.09. The monoisotopic (exact) mass is 285 g/mol. The highest BCUT2D eigenvalue weighted by Crippen LogP contribution is 2.19. The van der Waals surface area contributed by atoms with E-state index >= 15 is 0 Å². The molecule has 1 aromatic rings. The fraction of sp³-hybridized carbons (Fsp3) is 0.462. The summed E-state index contributed by atoms with van der Waals surface area (Å²) in [4.78, 5) is 11.8. The predicted octanol–water partition coefficient (Wildman–Crippen LogP) is 1.44. The van der Waals surface area contributed by atoms with E-state index in [9.17, 15) is 17.6 Å². The Bertz CT molecular complexity index is 598. The van der Waals surface area contributed by atoms with Gasteiger partial charge in [0.25, 0.3) is 5.91 Å². The van der Waals surface area contributed by atoms with Crippen LogP contribution in [0.1, 0.15) is 28.8 Å². The van der Waals surface area contributed by atoms with Crippen LogP contribution in [-0.2, 0) is 9.84 Å². The molecule has 1 amide bonds. The van der Waals surface area contributed by atoms with Crippen LogP contribution >= 0.6 is 0 Å². The molecule has 1 atom stereocenters. The van der Waals surface area contributed by atoms with Crippen LogP contribution in [0.25, 0.3) is 0 Å². The van der Waals surface area contributed by atoms with Gasteiger partial charge in [-0.3, -0.25) is 4.79 Å². The quantitative estimate of drug-likeness (QED) is 0.914. The third kappa shape index (κ3) is 3.12. The van der Waals surface area contributed by atoms with Crippen molar-refractivity contribution < 1.29 is 17.6 Å². The third-order valence-corrected chi connectivity index (χ3v) is 5.60. The van der Waals surface area contributed by atoms with Gasteiger partial charge in [-0.25, -0.2) is 12.8 Å². The molecule has 104 valence electrons. The van der Waals surface area contributed by atoms with E-state index in [0.29, 0.717) is 12.8 Å². The van der Waals surface area contributed by atoms with E-state index in [0.717, 1.165) is 5.56 Å². The summed E-state index contributed by atoms with van der Waals surface area (Å²) in [6, 6.07) is 4.33. The average Bonchev–Trinajstić information content (AvgIpc) is 2.65. The molecular weight excluding hydrogens is 269 g/mol. The lowest BCUT2D eigenvalue weighted by atomic mass is 10.1. The SMILES string of the molecule is Cc1ccc(C(=O)NC[C@@H]2CCCS2(=O)=O)c(F)c1. The predicted molar refractivity (Wildman–Crippen MR) is 70.3 cm³/mol. The molecule has 0 aliphatic carbocycles. The molecule has 1 heterocycles. The summed E-state index contributed by atoms with van der Waals surface area (Å²) >= 11 is 0. The van der Waals surface area contributed by atoms with Crippen LogP contribution in [0.5, 0.6) is 0 Å². The number of sulfone groups is 1. The second kappa shape index (κ2) is 5.28. The van der Waals surface area contributed by atoms with Crippen LogP contribution in [0.4, 0.5) is 4.39 Å². The van der Waals surface area contributed by atoms with E-state index in [1.165, 1.54) is 12.1 Å². The number of carbonyl (C=O) groups is 1. The number of hydrogen-bond donors (Lipinski definition) is 1. The minimum Gasteiger partial charge on any atom is -0.351 e. The summed E-state index contributed by atoms with van der Waals surface area (Å²) in [6.07, 6.45) is 1.18. The first-order valence-corrected chi connectivity index (χ1v) is 7.87. The number of nitrogens with one attached hydrogen (secondary N) is 1. The fourth-order valence-corrected chi connectivity index (χ4v) is 3.96. The summed E-state index contributed by atoms with van der Waals surface area (Å²) in [5, 5.41) is 1.96. The van der Waals surface area contributed by atoms with Crippen LogP contribution in [0.2, 0.25) is 0 Å². The lowest BCUT2D eigenvalue weighted by molar-refractivity contribution is 0.0949. The van der Waals surface area contributed by atoms with E-state index in [4.69, 9.17) is 0 Å². The Labute approximate surface area is 111 Å². The minimum absolute atomic E-state index is 0.0501. The van der Waals surface area contributed by atoms with Crippen molar-refractivity contribution in [2.45, 2.75) is 25.0 Å². The highest BCUT2D eigenvalue weighted by molar-refractivity contribution is 7.92. The van der Waals surface area contributed by atoms with Crippen LogP contribution in [0, 0.1) is 12.7 Å². The number of rotatable bonds is 3. The Morgan fingerprint density at radius 2 is 2.21 bits per heavy atom. The molecule has 0 radical (unpaired) electrons. The first-order valence-electron chi connectivity index (χ1n) is 6.16. The van der Waals surface area contributed by atoms with Gasteiger partial charge in [-0.1, -0.05) is 6.07 Å². The van der Waals surface area contributed by atoms with Gasteiger partial charge in [0, 0.05) is 6.54 Å². The third-order valence-electron chi connectivity index (χ3n) is 3.32. The Morgan fingerprint density at radius 1 is 1.47 bits per heavy atom. The maximum atomic E-state index is 13.6. The van der Waals surface area contributed by atoms with Crippen molar-refractivity contribution in [1.82, 2.24) is 5.32 Å². The van der Waals surface area contributed by atoms with Gasteiger partial charge in [-0.05, 0) is 37.5 Å². The standard InChI is InChI=1S/C13H16FNO3S/c1-9-4-5-11(12(14)7-9)13(16)15-8-10-3-2-6-19(10,17)18/h4-5,7,10H,2-3,6,8H2,1H3,(H,15,16)/t10-/m0/s1. The fourth-order valence-electron chi connectivity index (χ4n) is 2.19. The molecule has 0 bridgehead atoms. The van der Waals surface area contributed by atoms with Gasteiger partial charge in [0.1, 0.15) is 5.82 Å². The van der Waals surface area contributed by atoms with Gasteiger partial charge in [-0.15, -0.1) is 0 Å². The Morgan fingerprint density at radius 3 is 2.79 bits per heavy atom. The molecule has 0 saturated carbocycles. The summed E-state index contributed by atoms with van der Waals surface area (Å²) in [6.45, 7) is 1.78. The van der Waals surface area contributed by atoms with Crippen molar-refractivity contribution in [3.63, 3.8) is 0 Å². The van der Waals surface area contributed by atoms with Crippen molar-refractivity contribution in [3.05, 3.63) is 35.1 Å². The molecule has 1 N–H and O–H groups in total. The van der Waals surface area contributed by atoms with Crippen molar-refractivity contribution in [2.24, 2.45) is 0 Å². The molecule has 0 unspecified atom stereocenters. The van der Waals surface area contributed by atoms with Crippen molar-refractivity contribution in [3.8, 4) is 0 Å². The van der Waals surface area contributed by atoms with Gasteiger partial charge in [0.2, 0.25) is 0 Å². The largest absolute Gasteiger partial charge is 0.351 e. The second-order valence-electron chi connectivity index (χ2n) is 4.82. The highest BCUT2D eigenvalue weighted by atomic mass is 32.2. The van der Waals surface area contributed by atoms with Gasteiger partial charge in [-0.2, -0.15) is 0 Å². The smallest absolute Gasteiger partial charge is 0.254 e. The number of halogens is 1. The average molecular weight is 285 g/mol. The zero-order valence-corrected chi connectivity index (χ0v) is 11.5. The summed E-state index contributed by atoms with van der Waals surface area (Å²) in [7, 11) is -3.09. The molecule has 1 aliphatic heterocycles. The molecule has 19 heavy (non-hydrogen) atoms. The van der Waals surface area contributed by atoms with E-state index in [1.54, 1.807) is 13.0 Å². The number of aryl methyl sites for hydroxylation is 1. The molecule has 2 rings (SSSR count). The van der Waals surface area contributed by atoms with Crippen LogP contribution in [0.3, 0.4) is 0 Å². The zero-order valence-electron chi connectivity index (χ0n) is 10.6. The van der Waals surface area contributed by atoms with E-state index in [1.807, 2.05) is 0 Å². The van der Waals surface area contributed by atoms with Crippen LogP contribution < -0.4 is 5.32 Å². The van der Waals surface area contributed by atoms with Crippen molar-refractivity contribution in [1.29, 1.82) is 0 Å². The Hall–Kier alpha value is -1.43. The Balaban J connectivity index is 2.02. The number of benzene rings is 1. The zero-order chi connectivity index (χ0) is 14.0. The van der Waals surface area contributed by atoms with E-state index < -0.39 is 26.8 Å². The molecule has 6 heteroatoms. The number of hydrogen-bond acceptors (Lipinski definition) is 3. The molecule has 1 aromatic carbocycles. The van der Waals surface area contributed by atoms with Gasteiger partial charge in [0.15, 0.2) is 9.84 Å². The van der Waals surface area contributed by atoms with Crippen LogP contribution in [0.15, 0.2) is 18.2 Å². The maximum Gasteiger partial charge on any atom is 0.254 e. The van der Waals surface area contributed by atoms with Gasteiger partial charge < -0.3 is 5.32 Å². The van der Waals surface area contributed by atoms with E-state index in [2.05, 4.69) is 5.32 Å². The first-order chi connectivity index (χ1) is 8.90. The van der Waals surface area contributed by atoms with Crippen molar-refractivity contribution in [2.75, 3.05) is 12.3 Å². The topological polar surface area (TPSA) is 63.2 Å². The lowest BCUT2D eigenvalue weighted by Gasteiger charge is -2.11. The summed E-state index contributed by atoms with van der Waals surface area (Å²) in [5.74, 6) is -0.988. The molecule has 0 spiro atoms. The summed E-state index contributed by atoms with van der Waals surface area (Å²) in [5.41, 5.74) is 0.674. The maximum absolute atomic E-state index is 13.6. The molecule has 1 saturated heterocycles. The molecule has 4 nitrogen and oxygen atoms in total. The highest BCUT2D eigenvalue weighted by Gasteiger charge is 2.31. The van der Waals surface area contributed by atoms with Crippen LogP contribution in [-0.4, -0.2) is 31.9 Å². The number of amides is 1. The lowest BCUT2D eigenvalue weighted by Crippen LogP contribution is -2.35. The first kappa shape index (κ1) is 14.0. The molecule has 0 aromatic heterocycles. The molecule has 1 fully saturated rings. The Kier molecular flexibility index (Phi) is 3.89. The van der Waals surface area contributed by atoms with Gasteiger partial charge in [0.05, 0.1) is 16.6 Å². The number of carbonyl (C=O) groups excluding carboxylic acids is 1. The van der Waals surface area contributed by atoms with E-state index in [-0.39, 0.29) is 17.9 Å². The van der Waals surface area contributed by atoms with Gasteiger partial charge >= 0.3 is 0 Å².